The van der Waals surface area contributed by atoms with E-state index in [-0.39, 0.29) is 18.4 Å². The molecule has 0 saturated carbocycles. The highest BCUT2D eigenvalue weighted by Crippen LogP contribution is 2.16. The van der Waals surface area contributed by atoms with Crippen LogP contribution in [0.15, 0.2) is 49.2 Å². The summed E-state index contributed by atoms with van der Waals surface area (Å²) in [4.78, 5) is 49.4. The molecule has 35 heavy (non-hydrogen) atoms. The molecule has 2 atom stereocenters. The van der Waals surface area contributed by atoms with Gasteiger partial charge in [-0.05, 0) is 43.2 Å². The van der Waals surface area contributed by atoms with Crippen molar-refractivity contribution in [3.05, 3.63) is 54.9 Å². The zero-order valence-electron chi connectivity index (χ0n) is 20.3. The number of nitrogens with one attached hydrogen (secondary N) is 4. The predicted octanol–water partition coefficient (Wildman–Crippen LogP) is 2.24. The van der Waals surface area contributed by atoms with Crippen LogP contribution in [0.1, 0.15) is 31.3 Å². The van der Waals surface area contributed by atoms with Crippen LogP contribution in [0.2, 0.25) is 0 Å². The Morgan fingerprint density at radius 3 is 2.14 bits per heavy atom. The summed E-state index contributed by atoms with van der Waals surface area (Å²) in [7, 11) is 1.72. The molecule has 2 rings (SSSR count). The fraction of sp³-hybridized carbons (Fsp3) is 0.333. The van der Waals surface area contributed by atoms with Crippen LogP contribution in [0.4, 0.5) is 21.9 Å². The van der Waals surface area contributed by atoms with E-state index in [2.05, 4.69) is 27.8 Å². The molecule has 4 amide bonds. The third-order valence-electron chi connectivity index (χ3n) is 4.98. The van der Waals surface area contributed by atoms with Crippen molar-refractivity contribution in [2.24, 2.45) is 13.0 Å². The molecule has 11 heteroatoms. The first-order chi connectivity index (χ1) is 16.5. The van der Waals surface area contributed by atoms with Crippen molar-refractivity contribution in [3.63, 3.8) is 0 Å². The highest BCUT2D eigenvalue weighted by Gasteiger charge is 2.27. The molecule has 0 aliphatic rings. The number of nitrogens with two attached hydrogens (primary N) is 1. The lowest BCUT2D eigenvalue weighted by molar-refractivity contribution is -0.128. The molecule has 2 aromatic rings. The van der Waals surface area contributed by atoms with Crippen molar-refractivity contribution in [2.75, 3.05) is 23.0 Å². The number of rotatable bonds is 10. The highest BCUT2D eigenvalue weighted by molar-refractivity contribution is 6.04. The van der Waals surface area contributed by atoms with E-state index in [0.717, 1.165) is 0 Å². The number of hydrogen-bond acceptors (Lipinski definition) is 6. The molecule has 0 spiro atoms. The van der Waals surface area contributed by atoms with Crippen molar-refractivity contribution < 1.29 is 23.9 Å². The van der Waals surface area contributed by atoms with E-state index in [1.165, 1.54) is 13.0 Å². The second-order valence-corrected chi connectivity index (χ2v) is 8.27. The van der Waals surface area contributed by atoms with E-state index in [1.54, 1.807) is 62.0 Å². The lowest BCUT2D eigenvalue weighted by atomic mass is 10.0. The summed E-state index contributed by atoms with van der Waals surface area (Å²) in [5, 5.41) is 10.5. The number of benzene rings is 1. The van der Waals surface area contributed by atoms with Gasteiger partial charge in [0.1, 0.15) is 24.4 Å². The fourth-order valence-corrected chi connectivity index (χ4v) is 3.11. The number of amides is 4. The van der Waals surface area contributed by atoms with Gasteiger partial charge in [-0.15, -0.1) is 0 Å². The first-order valence-electron chi connectivity index (χ1n) is 11.0. The SMILES string of the molecule is C=CCOC(=O)N[C@H](C(=O)N[C@@H](C)C(=O)Nc1ccc(NC(=O)c2cc(N)cn2C)cc1)C(C)C. The number of ether oxygens (including phenoxy) is 1. The molecule has 0 saturated heterocycles. The Morgan fingerprint density at radius 2 is 1.63 bits per heavy atom. The molecular weight excluding hydrogens is 452 g/mol. The maximum absolute atomic E-state index is 12.6. The summed E-state index contributed by atoms with van der Waals surface area (Å²) >= 11 is 0. The Kier molecular flexibility index (Phi) is 9.44. The lowest BCUT2D eigenvalue weighted by Crippen LogP contribution is -2.53. The number of carbonyl (C=O) groups excluding carboxylic acids is 4. The molecule has 6 N–H and O–H groups in total. The van der Waals surface area contributed by atoms with E-state index < -0.39 is 30.0 Å². The van der Waals surface area contributed by atoms with Gasteiger partial charge in [-0.2, -0.15) is 0 Å². The molecular formula is C24H32N6O5. The van der Waals surface area contributed by atoms with Crippen molar-refractivity contribution in [1.29, 1.82) is 0 Å². The van der Waals surface area contributed by atoms with Crippen LogP contribution >= 0.6 is 0 Å². The largest absolute Gasteiger partial charge is 0.445 e. The topological polar surface area (TPSA) is 157 Å². The lowest BCUT2D eigenvalue weighted by Gasteiger charge is -2.23. The van der Waals surface area contributed by atoms with Crippen LogP contribution in [0, 0.1) is 5.92 Å². The number of aryl methyl sites for hydroxylation is 1. The molecule has 0 aliphatic carbocycles. The highest BCUT2D eigenvalue weighted by atomic mass is 16.5. The molecule has 0 unspecified atom stereocenters. The third kappa shape index (κ3) is 7.91. The van der Waals surface area contributed by atoms with Gasteiger partial charge in [0.2, 0.25) is 11.8 Å². The fourth-order valence-electron chi connectivity index (χ4n) is 3.11. The van der Waals surface area contributed by atoms with Gasteiger partial charge in [0.15, 0.2) is 0 Å². The van der Waals surface area contributed by atoms with E-state index in [0.29, 0.717) is 22.8 Å². The van der Waals surface area contributed by atoms with Crippen LogP contribution in [0.5, 0.6) is 0 Å². The van der Waals surface area contributed by atoms with E-state index in [1.807, 2.05) is 0 Å². The summed E-state index contributed by atoms with van der Waals surface area (Å²) in [6, 6.07) is 6.32. The molecule has 11 nitrogen and oxygen atoms in total. The molecule has 1 heterocycles. The molecule has 1 aromatic carbocycles. The quantitative estimate of drug-likeness (QED) is 0.326. The Hall–Kier alpha value is -4.28. The maximum atomic E-state index is 12.6. The maximum Gasteiger partial charge on any atom is 0.408 e. The van der Waals surface area contributed by atoms with Gasteiger partial charge in [0.05, 0.1) is 5.69 Å². The van der Waals surface area contributed by atoms with Crippen molar-refractivity contribution in [1.82, 2.24) is 15.2 Å². The van der Waals surface area contributed by atoms with Crippen LogP contribution in [-0.4, -0.2) is 47.1 Å². The summed E-state index contributed by atoms with van der Waals surface area (Å²) in [5.41, 5.74) is 7.61. The van der Waals surface area contributed by atoms with Crippen molar-refractivity contribution in [3.8, 4) is 0 Å². The van der Waals surface area contributed by atoms with Gasteiger partial charge >= 0.3 is 6.09 Å². The number of nitrogens with zero attached hydrogens (tertiary/aromatic N) is 1. The minimum Gasteiger partial charge on any atom is -0.445 e. The summed E-state index contributed by atoms with van der Waals surface area (Å²) in [5.74, 6) is -1.53. The number of nitrogen functional groups attached to an aromatic ring is 1. The second-order valence-electron chi connectivity index (χ2n) is 8.27. The van der Waals surface area contributed by atoms with Gasteiger partial charge in [-0.1, -0.05) is 26.5 Å². The Bertz CT molecular complexity index is 1080. The third-order valence-corrected chi connectivity index (χ3v) is 4.98. The first-order valence-corrected chi connectivity index (χ1v) is 11.0. The summed E-state index contributed by atoms with van der Waals surface area (Å²) < 4.78 is 6.48. The number of alkyl carbamates (subject to hydrolysis) is 1. The van der Waals surface area contributed by atoms with Gasteiger partial charge in [-0.3, -0.25) is 14.4 Å². The van der Waals surface area contributed by atoms with Gasteiger partial charge in [-0.25, -0.2) is 4.79 Å². The van der Waals surface area contributed by atoms with Crippen LogP contribution in [0.3, 0.4) is 0 Å². The number of anilines is 3. The summed E-state index contributed by atoms with van der Waals surface area (Å²) in [6.07, 6.45) is 2.30. The van der Waals surface area contributed by atoms with Crippen molar-refractivity contribution in [2.45, 2.75) is 32.9 Å². The molecule has 0 fully saturated rings. The zero-order valence-corrected chi connectivity index (χ0v) is 20.3. The Morgan fingerprint density at radius 1 is 1.03 bits per heavy atom. The molecule has 0 bridgehead atoms. The predicted molar refractivity (Wildman–Crippen MR) is 134 cm³/mol. The van der Waals surface area contributed by atoms with Gasteiger partial charge in [0, 0.05) is 24.6 Å². The van der Waals surface area contributed by atoms with Gasteiger partial charge in [0.25, 0.3) is 5.91 Å². The molecule has 0 radical (unpaired) electrons. The first kappa shape index (κ1) is 27.0. The number of aromatic nitrogens is 1. The standard InChI is InChI=1S/C24H32N6O5/c1-6-11-35-24(34)29-20(14(2)3)23(33)26-15(4)21(31)27-17-7-9-18(10-8-17)28-22(32)19-12-16(25)13-30(19)5/h6-10,12-15,20H,1,11,25H2,2-5H3,(H,26,33)(H,27,31)(H,28,32)(H,29,34)/t15-,20-/m0/s1. The molecule has 0 aliphatic heterocycles. The average molecular weight is 485 g/mol. The monoisotopic (exact) mass is 484 g/mol. The van der Waals surface area contributed by atoms with E-state index in [9.17, 15) is 19.2 Å². The molecule has 188 valence electrons. The Labute approximate surface area is 204 Å². The van der Waals surface area contributed by atoms with E-state index in [4.69, 9.17) is 10.5 Å². The normalized spacial score (nSPS) is 12.3. The van der Waals surface area contributed by atoms with Crippen LogP contribution < -0.4 is 27.0 Å². The Balaban J connectivity index is 1.92. The van der Waals surface area contributed by atoms with Crippen molar-refractivity contribution >= 4 is 40.9 Å². The van der Waals surface area contributed by atoms with Crippen LogP contribution in [0.25, 0.3) is 0 Å². The van der Waals surface area contributed by atoms with Crippen LogP contribution in [-0.2, 0) is 21.4 Å². The summed E-state index contributed by atoms with van der Waals surface area (Å²) in [6.45, 7) is 8.52. The minimum atomic E-state index is -0.884. The average Bonchev–Trinajstić information content (AvgIpc) is 3.14. The smallest absolute Gasteiger partial charge is 0.408 e. The van der Waals surface area contributed by atoms with E-state index >= 15 is 0 Å². The molecule has 1 aromatic heterocycles. The number of carbonyl (C=O) groups is 4. The second kappa shape index (κ2) is 12.3. The number of hydrogen-bond donors (Lipinski definition) is 5. The van der Waals surface area contributed by atoms with Gasteiger partial charge < -0.3 is 36.3 Å². The zero-order chi connectivity index (χ0) is 26.1. The minimum absolute atomic E-state index is 0.0142.